The van der Waals surface area contributed by atoms with Crippen LogP contribution in [0.15, 0.2) is 48.8 Å². The number of benzene rings is 2. The minimum atomic E-state index is -0.562. The maximum absolute atomic E-state index is 12.4. The van der Waals surface area contributed by atoms with Gasteiger partial charge in [-0.15, -0.1) is 0 Å². The number of hydrogen-bond acceptors (Lipinski definition) is 5. The van der Waals surface area contributed by atoms with Crippen molar-refractivity contribution >= 4 is 40.7 Å². The van der Waals surface area contributed by atoms with Crippen molar-refractivity contribution in [1.29, 1.82) is 0 Å². The first-order valence-electron chi connectivity index (χ1n) is 8.35. The van der Waals surface area contributed by atoms with E-state index in [1.54, 1.807) is 24.3 Å². The molecule has 0 fully saturated rings. The zero-order valence-corrected chi connectivity index (χ0v) is 15.9. The fraction of sp³-hybridized carbons (Fsp3) is 0.0526. The molecule has 3 aromatic rings. The largest absolute Gasteiger partial charge is 0.508 e. The first-order chi connectivity index (χ1) is 13.9. The highest BCUT2D eigenvalue weighted by Crippen LogP contribution is 2.23. The van der Waals surface area contributed by atoms with Crippen molar-refractivity contribution in [2.75, 3.05) is 17.7 Å². The van der Waals surface area contributed by atoms with Gasteiger partial charge in [-0.05, 0) is 42.5 Å². The van der Waals surface area contributed by atoms with E-state index in [1.165, 1.54) is 31.6 Å². The molecule has 29 heavy (non-hydrogen) atoms. The Kier molecular flexibility index (Phi) is 5.79. The van der Waals surface area contributed by atoms with Gasteiger partial charge in [0.25, 0.3) is 17.7 Å². The lowest BCUT2D eigenvalue weighted by Gasteiger charge is -2.09. The molecule has 0 aliphatic carbocycles. The Morgan fingerprint density at radius 3 is 2.21 bits per heavy atom. The highest BCUT2D eigenvalue weighted by Gasteiger charge is 2.19. The van der Waals surface area contributed by atoms with E-state index in [0.29, 0.717) is 11.4 Å². The quantitative estimate of drug-likeness (QED) is 0.438. The van der Waals surface area contributed by atoms with Gasteiger partial charge in [0.2, 0.25) is 0 Å². The van der Waals surface area contributed by atoms with Gasteiger partial charge in [0.15, 0.2) is 5.69 Å². The molecule has 5 N–H and O–H groups in total. The van der Waals surface area contributed by atoms with Crippen molar-refractivity contribution in [3.63, 3.8) is 0 Å². The standard InChI is InChI=1S/C19H16ClN5O4/c1-21-18(28)15-16(23-9-22-15)19(29)25-11-4-2-10(3-5-11)24-17(27)13-8-12(26)6-7-14(13)20/h2-9,26H,1H3,(H,21,28)(H,22,23)(H,24,27)(H,25,29). The third-order valence-corrected chi connectivity index (χ3v) is 4.23. The van der Waals surface area contributed by atoms with E-state index in [4.69, 9.17) is 11.6 Å². The zero-order valence-electron chi connectivity index (χ0n) is 15.1. The van der Waals surface area contributed by atoms with Crippen LogP contribution in [-0.2, 0) is 0 Å². The van der Waals surface area contributed by atoms with Gasteiger partial charge in [0.05, 0.1) is 16.9 Å². The Balaban J connectivity index is 1.68. The number of aromatic hydroxyl groups is 1. The van der Waals surface area contributed by atoms with Gasteiger partial charge in [0, 0.05) is 18.4 Å². The van der Waals surface area contributed by atoms with Gasteiger partial charge in [-0.2, -0.15) is 0 Å². The number of halogens is 1. The number of imidazole rings is 1. The Labute approximate surface area is 170 Å². The fourth-order valence-electron chi connectivity index (χ4n) is 2.48. The Hall–Kier alpha value is -3.85. The van der Waals surface area contributed by atoms with Crippen LogP contribution >= 0.6 is 11.6 Å². The number of amides is 3. The predicted molar refractivity (Wildman–Crippen MR) is 107 cm³/mol. The molecule has 1 aromatic heterocycles. The van der Waals surface area contributed by atoms with Crippen molar-refractivity contribution in [2.45, 2.75) is 0 Å². The summed E-state index contributed by atoms with van der Waals surface area (Å²) in [5, 5.41) is 17.4. The molecule has 148 valence electrons. The number of nitrogens with zero attached hydrogens (tertiary/aromatic N) is 1. The van der Waals surface area contributed by atoms with Crippen molar-refractivity contribution in [2.24, 2.45) is 0 Å². The van der Waals surface area contributed by atoms with Crippen LogP contribution in [-0.4, -0.2) is 39.8 Å². The molecule has 0 bridgehead atoms. The number of hydrogen-bond donors (Lipinski definition) is 5. The summed E-state index contributed by atoms with van der Waals surface area (Å²) in [5.74, 6) is -1.59. The van der Waals surface area contributed by atoms with Crippen LogP contribution in [0.1, 0.15) is 31.3 Å². The number of rotatable bonds is 5. The fourth-order valence-corrected chi connectivity index (χ4v) is 2.68. The molecular formula is C19H16ClN5O4. The Morgan fingerprint density at radius 2 is 1.59 bits per heavy atom. The molecule has 9 nitrogen and oxygen atoms in total. The maximum Gasteiger partial charge on any atom is 0.276 e. The molecule has 10 heteroatoms. The summed E-state index contributed by atoms with van der Waals surface area (Å²) in [4.78, 5) is 42.9. The molecule has 2 aromatic carbocycles. The van der Waals surface area contributed by atoms with Crippen LogP contribution in [0.2, 0.25) is 5.02 Å². The van der Waals surface area contributed by atoms with Gasteiger partial charge >= 0.3 is 0 Å². The Morgan fingerprint density at radius 1 is 0.966 bits per heavy atom. The van der Waals surface area contributed by atoms with Crippen LogP contribution in [0, 0.1) is 0 Å². The second-order valence-corrected chi connectivity index (χ2v) is 6.26. The molecule has 3 rings (SSSR count). The molecule has 0 unspecified atom stereocenters. The number of phenols is 1. The third-order valence-electron chi connectivity index (χ3n) is 3.90. The molecule has 0 saturated heterocycles. The second-order valence-electron chi connectivity index (χ2n) is 5.86. The van der Waals surface area contributed by atoms with Crippen LogP contribution in [0.4, 0.5) is 11.4 Å². The summed E-state index contributed by atoms with van der Waals surface area (Å²) in [6.07, 6.45) is 1.25. The molecule has 1 heterocycles. The number of aromatic amines is 1. The van der Waals surface area contributed by atoms with Crippen LogP contribution in [0.5, 0.6) is 5.75 Å². The van der Waals surface area contributed by atoms with Crippen molar-refractivity contribution < 1.29 is 19.5 Å². The molecule has 3 amide bonds. The van der Waals surface area contributed by atoms with Crippen molar-refractivity contribution in [3.05, 3.63) is 70.8 Å². The monoisotopic (exact) mass is 413 g/mol. The van der Waals surface area contributed by atoms with Gasteiger partial charge in [-0.25, -0.2) is 4.98 Å². The maximum atomic E-state index is 12.4. The van der Waals surface area contributed by atoms with Gasteiger partial charge < -0.3 is 26.0 Å². The summed E-state index contributed by atoms with van der Waals surface area (Å²) in [7, 11) is 1.45. The van der Waals surface area contributed by atoms with E-state index in [1.807, 2.05) is 0 Å². The first-order valence-corrected chi connectivity index (χ1v) is 8.73. The van der Waals surface area contributed by atoms with E-state index < -0.39 is 17.7 Å². The molecule has 0 spiro atoms. The van der Waals surface area contributed by atoms with E-state index >= 15 is 0 Å². The topological polar surface area (TPSA) is 136 Å². The molecule has 0 radical (unpaired) electrons. The highest BCUT2D eigenvalue weighted by atomic mass is 35.5. The number of carbonyl (C=O) groups excluding carboxylic acids is 3. The molecule has 0 saturated carbocycles. The molecular weight excluding hydrogens is 398 g/mol. The van der Waals surface area contributed by atoms with Gasteiger partial charge in [0.1, 0.15) is 11.4 Å². The number of carbonyl (C=O) groups is 3. The first kappa shape index (κ1) is 19.9. The van der Waals surface area contributed by atoms with Crippen molar-refractivity contribution in [3.8, 4) is 5.75 Å². The lowest BCUT2D eigenvalue weighted by atomic mass is 10.2. The summed E-state index contributed by atoms with van der Waals surface area (Å²) in [6.45, 7) is 0. The van der Waals surface area contributed by atoms with E-state index in [9.17, 15) is 19.5 Å². The number of nitrogens with one attached hydrogen (secondary N) is 4. The van der Waals surface area contributed by atoms with E-state index in [-0.39, 0.29) is 27.7 Å². The predicted octanol–water partition coefficient (Wildman–Crippen LogP) is 2.63. The zero-order chi connectivity index (χ0) is 21.0. The molecule has 0 aliphatic heterocycles. The summed E-state index contributed by atoms with van der Waals surface area (Å²) in [6, 6.07) is 10.4. The van der Waals surface area contributed by atoms with Crippen LogP contribution < -0.4 is 16.0 Å². The normalized spacial score (nSPS) is 10.3. The number of aromatic nitrogens is 2. The number of H-pyrrole nitrogens is 1. The average molecular weight is 414 g/mol. The Bertz CT molecular complexity index is 1080. The minimum absolute atomic E-state index is 0.0414. The lowest BCUT2D eigenvalue weighted by Crippen LogP contribution is -2.23. The third kappa shape index (κ3) is 4.53. The van der Waals surface area contributed by atoms with Crippen LogP contribution in [0.25, 0.3) is 0 Å². The van der Waals surface area contributed by atoms with E-state index in [2.05, 4.69) is 25.9 Å². The van der Waals surface area contributed by atoms with Crippen LogP contribution in [0.3, 0.4) is 0 Å². The van der Waals surface area contributed by atoms with Gasteiger partial charge in [-0.3, -0.25) is 14.4 Å². The summed E-state index contributed by atoms with van der Waals surface area (Å²) in [5.41, 5.74) is 1.04. The number of phenolic OH excluding ortho intramolecular Hbond substituents is 1. The summed E-state index contributed by atoms with van der Waals surface area (Å²) < 4.78 is 0. The van der Waals surface area contributed by atoms with Crippen molar-refractivity contribution in [1.82, 2.24) is 15.3 Å². The van der Waals surface area contributed by atoms with E-state index in [0.717, 1.165) is 0 Å². The second kappa shape index (κ2) is 8.44. The average Bonchev–Trinajstić information content (AvgIpc) is 3.20. The highest BCUT2D eigenvalue weighted by molar-refractivity contribution is 6.34. The SMILES string of the molecule is CNC(=O)c1[nH]cnc1C(=O)Nc1ccc(NC(=O)c2cc(O)ccc2Cl)cc1. The molecule has 0 atom stereocenters. The summed E-state index contributed by atoms with van der Waals surface area (Å²) >= 11 is 5.98. The smallest absolute Gasteiger partial charge is 0.276 e. The molecule has 0 aliphatic rings. The van der Waals surface area contributed by atoms with Gasteiger partial charge in [-0.1, -0.05) is 11.6 Å². The lowest BCUT2D eigenvalue weighted by molar-refractivity contribution is 0.0943. The minimum Gasteiger partial charge on any atom is -0.508 e. The number of anilines is 2.